The van der Waals surface area contributed by atoms with Crippen LogP contribution >= 0.6 is 0 Å². The monoisotopic (exact) mass is 425 g/mol. The number of amides is 1. The molecule has 0 saturated carbocycles. The summed E-state index contributed by atoms with van der Waals surface area (Å²) in [5, 5.41) is 2.21. The molecule has 0 heterocycles. The van der Waals surface area contributed by atoms with Crippen LogP contribution in [-0.4, -0.2) is 37.0 Å². The number of halogens is 2. The number of rotatable bonds is 5. The zero-order chi connectivity index (χ0) is 23.0. The molecule has 0 aliphatic heterocycles. The molecule has 0 saturated heterocycles. The largest absolute Gasteiger partial charge is 0.467 e. The highest BCUT2D eigenvalue weighted by Gasteiger charge is 2.45. The Morgan fingerprint density at radius 3 is 1.94 bits per heavy atom. The van der Waals surface area contributed by atoms with Crippen molar-refractivity contribution in [1.29, 1.82) is 0 Å². The molecule has 1 amide bonds. The molecule has 2 aromatic carbocycles. The van der Waals surface area contributed by atoms with Gasteiger partial charge in [0.15, 0.2) is 6.04 Å². The number of esters is 1. The first-order valence-electron chi connectivity index (χ1n) is 9.08. The zero-order valence-electron chi connectivity index (χ0n) is 16.9. The van der Waals surface area contributed by atoms with E-state index in [0.29, 0.717) is 11.3 Å². The van der Waals surface area contributed by atoms with Crippen LogP contribution in [0, 0.1) is 23.7 Å². The predicted molar refractivity (Wildman–Crippen MR) is 113 cm³/mol. The van der Waals surface area contributed by atoms with Crippen LogP contribution in [0.3, 0.4) is 0 Å². The van der Waals surface area contributed by atoms with Crippen LogP contribution in [0.4, 0.5) is 14.5 Å². The molecule has 0 aliphatic carbocycles. The van der Waals surface area contributed by atoms with Crippen LogP contribution in [0.1, 0.15) is 28.4 Å². The lowest BCUT2D eigenvalue weighted by Gasteiger charge is -2.31. The lowest BCUT2D eigenvalue weighted by molar-refractivity contribution is -0.146. The second-order valence-corrected chi connectivity index (χ2v) is 6.80. The number of hydrogen-bond acceptors (Lipinski definition) is 5. The smallest absolute Gasteiger partial charge is 0.330 e. The second kappa shape index (κ2) is 10.2. The van der Waals surface area contributed by atoms with Crippen molar-refractivity contribution in [1.82, 2.24) is 5.32 Å². The molecular weight excluding hydrogens is 404 g/mol. The van der Waals surface area contributed by atoms with Gasteiger partial charge in [-0.3, -0.25) is 4.79 Å². The fourth-order valence-corrected chi connectivity index (χ4v) is 2.40. The van der Waals surface area contributed by atoms with Gasteiger partial charge in [0.2, 0.25) is 0 Å². The van der Waals surface area contributed by atoms with E-state index in [2.05, 4.69) is 33.7 Å². The highest BCUT2D eigenvalue weighted by molar-refractivity contribution is 5.97. The van der Waals surface area contributed by atoms with Gasteiger partial charge in [0.25, 0.3) is 12.3 Å². The first-order chi connectivity index (χ1) is 14.6. The van der Waals surface area contributed by atoms with Crippen LogP contribution < -0.4 is 16.8 Å². The number of ether oxygens (including phenoxy) is 1. The first kappa shape index (κ1) is 23.4. The van der Waals surface area contributed by atoms with E-state index < -0.39 is 29.9 Å². The van der Waals surface area contributed by atoms with Crippen LogP contribution in [-0.2, 0) is 9.53 Å². The van der Waals surface area contributed by atoms with E-state index >= 15 is 0 Å². The second-order valence-electron chi connectivity index (χ2n) is 6.80. The Labute approximate surface area is 178 Å². The van der Waals surface area contributed by atoms with Crippen molar-refractivity contribution in [3.05, 3.63) is 65.2 Å². The quantitative estimate of drug-likeness (QED) is 0.386. The Morgan fingerprint density at radius 2 is 1.48 bits per heavy atom. The van der Waals surface area contributed by atoms with Gasteiger partial charge < -0.3 is 21.5 Å². The van der Waals surface area contributed by atoms with Gasteiger partial charge in [0.1, 0.15) is 5.54 Å². The standard InChI is InChI=1S/C23H21F2N3O3/c1-23(27,22(24)25)19(21(30)31-2)28-20(29)17-11-7-15(8-12-17)5-3-4-6-16-9-13-18(26)14-10-16/h7-14,19,22H,26-27H2,1-2H3,(H,28,29)/t19-,23?/m1/s1. The summed E-state index contributed by atoms with van der Waals surface area (Å²) in [6, 6.07) is 11.3. The SMILES string of the molecule is COC(=O)[C@@H](NC(=O)c1ccc(C#CC#Cc2ccc(N)cc2)cc1)C(C)(N)C(F)F. The fourth-order valence-electron chi connectivity index (χ4n) is 2.40. The number of nitrogens with one attached hydrogen (secondary N) is 1. The Morgan fingerprint density at radius 1 is 1.00 bits per heavy atom. The van der Waals surface area contributed by atoms with Gasteiger partial charge >= 0.3 is 5.97 Å². The maximum Gasteiger partial charge on any atom is 0.330 e. The minimum atomic E-state index is -3.07. The lowest BCUT2D eigenvalue weighted by Crippen LogP contribution is -2.64. The van der Waals surface area contributed by atoms with E-state index in [9.17, 15) is 18.4 Å². The molecule has 2 rings (SSSR count). The van der Waals surface area contributed by atoms with E-state index in [0.717, 1.165) is 19.6 Å². The summed E-state index contributed by atoms with van der Waals surface area (Å²) in [5.41, 5.74) is 11.0. The minimum absolute atomic E-state index is 0.137. The molecule has 6 nitrogen and oxygen atoms in total. The van der Waals surface area contributed by atoms with Gasteiger partial charge in [0.05, 0.1) is 7.11 Å². The molecule has 0 aliphatic rings. The fraction of sp³-hybridized carbons (Fsp3) is 0.217. The maximum absolute atomic E-state index is 13.2. The predicted octanol–water partition coefficient (Wildman–Crippen LogP) is 1.93. The number of carbonyl (C=O) groups is 2. The van der Waals surface area contributed by atoms with Crippen molar-refractivity contribution in [2.75, 3.05) is 12.8 Å². The van der Waals surface area contributed by atoms with Gasteiger partial charge in [-0.15, -0.1) is 0 Å². The van der Waals surface area contributed by atoms with E-state index in [-0.39, 0.29) is 5.56 Å². The third-order valence-electron chi connectivity index (χ3n) is 4.34. The molecule has 2 atom stereocenters. The van der Waals surface area contributed by atoms with E-state index in [1.807, 2.05) is 0 Å². The van der Waals surface area contributed by atoms with E-state index in [4.69, 9.17) is 11.5 Å². The summed E-state index contributed by atoms with van der Waals surface area (Å²) >= 11 is 0. The minimum Gasteiger partial charge on any atom is -0.467 e. The normalized spacial score (nSPS) is 13.0. The molecule has 1 unspecified atom stereocenters. The summed E-state index contributed by atoms with van der Waals surface area (Å²) in [7, 11) is 1.02. The summed E-state index contributed by atoms with van der Waals surface area (Å²) < 4.78 is 30.9. The average molecular weight is 425 g/mol. The number of hydrogen-bond donors (Lipinski definition) is 3. The van der Waals surface area contributed by atoms with Crippen LogP contribution in [0.15, 0.2) is 48.5 Å². The molecule has 8 heteroatoms. The number of nitrogen functional groups attached to an aromatic ring is 1. The number of carbonyl (C=O) groups excluding carboxylic acids is 2. The molecule has 5 N–H and O–H groups in total. The molecule has 0 spiro atoms. The van der Waals surface area contributed by atoms with E-state index in [1.165, 1.54) is 12.1 Å². The molecule has 2 aromatic rings. The Kier molecular flexibility index (Phi) is 7.73. The number of methoxy groups -OCH3 is 1. The highest BCUT2D eigenvalue weighted by atomic mass is 19.3. The summed E-state index contributed by atoms with van der Waals surface area (Å²) in [5.74, 6) is 9.28. The number of alkyl halides is 2. The van der Waals surface area contributed by atoms with Crippen molar-refractivity contribution < 1.29 is 23.1 Å². The molecule has 0 radical (unpaired) electrons. The molecular formula is C23H21F2N3O3. The van der Waals surface area contributed by atoms with Crippen LogP contribution in [0.25, 0.3) is 0 Å². The molecule has 0 fully saturated rings. The van der Waals surface area contributed by atoms with Gasteiger partial charge in [-0.25, -0.2) is 13.6 Å². The van der Waals surface area contributed by atoms with Crippen molar-refractivity contribution in [2.45, 2.75) is 24.9 Å². The summed E-state index contributed by atoms with van der Waals surface area (Å²) in [6.07, 6.45) is -3.07. The molecule has 0 bridgehead atoms. The zero-order valence-corrected chi connectivity index (χ0v) is 16.9. The van der Waals surface area contributed by atoms with Crippen molar-refractivity contribution in [2.24, 2.45) is 5.73 Å². The van der Waals surface area contributed by atoms with Crippen LogP contribution in [0.5, 0.6) is 0 Å². The van der Waals surface area contributed by atoms with Gasteiger partial charge in [-0.1, -0.05) is 11.8 Å². The molecule has 31 heavy (non-hydrogen) atoms. The average Bonchev–Trinajstić information content (AvgIpc) is 2.75. The number of nitrogens with two attached hydrogens (primary N) is 2. The number of anilines is 1. The van der Waals surface area contributed by atoms with Gasteiger partial charge in [-0.2, -0.15) is 0 Å². The third kappa shape index (κ3) is 6.30. The Balaban J connectivity index is 2.10. The summed E-state index contributed by atoms with van der Waals surface area (Å²) in [4.78, 5) is 24.3. The van der Waals surface area contributed by atoms with E-state index in [1.54, 1.807) is 36.4 Å². The van der Waals surface area contributed by atoms with Crippen molar-refractivity contribution >= 4 is 17.6 Å². The lowest BCUT2D eigenvalue weighted by atomic mass is 9.93. The molecule has 0 aromatic heterocycles. The van der Waals surface area contributed by atoms with Gasteiger partial charge in [0, 0.05) is 22.4 Å². The Bertz CT molecular complexity index is 1060. The Hall–Kier alpha value is -3.88. The van der Waals surface area contributed by atoms with Gasteiger partial charge in [-0.05, 0) is 67.3 Å². The summed E-state index contributed by atoms with van der Waals surface area (Å²) in [6.45, 7) is 0.962. The van der Waals surface area contributed by atoms with Crippen LogP contribution in [0.2, 0.25) is 0 Å². The molecule has 160 valence electrons. The van der Waals surface area contributed by atoms with Crippen molar-refractivity contribution in [3.63, 3.8) is 0 Å². The first-order valence-corrected chi connectivity index (χ1v) is 9.08. The maximum atomic E-state index is 13.2. The highest BCUT2D eigenvalue weighted by Crippen LogP contribution is 2.18. The van der Waals surface area contributed by atoms with Crippen molar-refractivity contribution in [3.8, 4) is 23.7 Å². The third-order valence-corrected chi connectivity index (χ3v) is 4.34. The topological polar surface area (TPSA) is 107 Å². The number of benzene rings is 2.